The number of hydrogen-bond acceptors (Lipinski definition) is 2. The molecule has 1 N–H and O–H groups in total. The van der Waals surface area contributed by atoms with Crippen LogP contribution in [-0.2, 0) is 11.2 Å². The van der Waals surface area contributed by atoms with E-state index >= 15 is 0 Å². The van der Waals surface area contributed by atoms with Gasteiger partial charge in [0.05, 0.1) is 12.7 Å². The van der Waals surface area contributed by atoms with E-state index in [9.17, 15) is 4.79 Å². The maximum Gasteiger partial charge on any atom is 0.228 e. The van der Waals surface area contributed by atoms with E-state index in [2.05, 4.69) is 31.3 Å². The largest absolute Gasteiger partial charge is 0.464 e. The summed E-state index contributed by atoms with van der Waals surface area (Å²) >= 11 is 0. The van der Waals surface area contributed by atoms with E-state index in [1.54, 1.807) is 6.26 Å². The van der Waals surface area contributed by atoms with Crippen molar-refractivity contribution in [2.75, 3.05) is 5.32 Å². The average molecular weight is 307 g/mol. The zero-order valence-corrected chi connectivity index (χ0v) is 14.0. The van der Waals surface area contributed by atoms with Crippen molar-refractivity contribution in [1.82, 2.24) is 0 Å². The fraction of sp³-hybridized carbons (Fsp3) is 0.250. The maximum atomic E-state index is 12.4. The Morgan fingerprint density at radius 1 is 1.00 bits per heavy atom. The summed E-state index contributed by atoms with van der Waals surface area (Å²) in [6, 6.07) is 10.1. The summed E-state index contributed by atoms with van der Waals surface area (Å²) in [5.41, 5.74) is 7.27. The van der Waals surface area contributed by atoms with Crippen molar-refractivity contribution in [1.29, 1.82) is 0 Å². The van der Waals surface area contributed by atoms with Gasteiger partial charge in [-0.2, -0.15) is 0 Å². The van der Waals surface area contributed by atoms with Crippen molar-refractivity contribution >= 4 is 22.6 Å². The summed E-state index contributed by atoms with van der Waals surface area (Å²) < 4.78 is 5.60. The molecule has 0 aliphatic heterocycles. The van der Waals surface area contributed by atoms with Gasteiger partial charge < -0.3 is 9.73 Å². The van der Waals surface area contributed by atoms with Crippen molar-refractivity contribution in [2.45, 2.75) is 34.1 Å². The minimum atomic E-state index is -0.0297. The maximum absolute atomic E-state index is 12.4. The highest BCUT2D eigenvalue weighted by molar-refractivity contribution is 5.96. The number of nitrogens with one attached hydrogen (secondary N) is 1. The molecule has 2 aromatic carbocycles. The van der Waals surface area contributed by atoms with Crippen molar-refractivity contribution in [3.8, 4) is 0 Å². The second-order valence-electron chi connectivity index (χ2n) is 6.24. The molecule has 0 aliphatic carbocycles. The van der Waals surface area contributed by atoms with Gasteiger partial charge in [-0.15, -0.1) is 0 Å². The van der Waals surface area contributed by atoms with Gasteiger partial charge in [0.1, 0.15) is 5.58 Å². The van der Waals surface area contributed by atoms with Crippen LogP contribution < -0.4 is 5.32 Å². The van der Waals surface area contributed by atoms with Crippen LogP contribution in [0.3, 0.4) is 0 Å². The van der Waals surface area contributed by atoms with E-state index in [4.69, 9.17) is 4.42 Å². The third-order valence-electron chi connectivity index (χ3n) is 4.28. The van der Waals surface area contributed by atoms with Crippen LogP contribution in [0.5, 0.6) is 0 Å². The lowest BCUT2D eigenvalue weighted by Crippen LogP contribution is -2.15. The molecular formula is C20H21NO2. The smallest absolute Gasteiger partial charge is 0.228 e. The number of hydrogen-bond donors (Lipinski definition) is 1. The Labute approximate surface area is 136 Å². The Kier molecular flexibility index (Phi) is 3.95. The molecule has 23 heavy (non-hydrogen) atoms. The molecule has 3 nitrogen and oxygen atoms in total. The number of fused-ring (bicyclic) bond motifs is 1. The predicted molar refractivity (Wildman–Crippen MR) is 93.9 cm³/mol. The standard InChI is InChI=1S/C20H21NO2/c1-12-5-6-18(15(4)7-12)21-20(22)10-16-11-23-19-9-14(3)13(2)8-17(16)19/h5-9,11H,10H2,1-4H3,(H,21,22). The molecule has 3 heteroatoms. The number of amides is 1. The van der Waals surface area contributed by atoms with E-state index in [1.807, 2.05) is 32.0 Å². The molecule has 0 fully saturated rings. The first-order valence-corrected chi connectivity index (χ1v) is 7.78. The quantitative estimate of drug-likeness (QED) is 0.751. The van der Waals surface area contributed by atoms with Crippen molar-refractivity contribution < 1.29 is 9.21 Å². The third kappa shape index (κ3) is 3.14. The molecular weight excluding hydrogens is 286 g/mol. The van der Waals surface area contributed by atoms with Crippen LogP contribution in [-0.4, -0.2) is 5.91 Å². The normalized spacial score (nSPS) is 11.0. The Balaban J connectivity index is 1.81. The van der Waals surface area contributed by atoms with Crippen LogP contribution in [0.1, 0.15) is 27.8 Å². The second-order valence-corrected chi connectivity index (χ2v) is 6.24. The molecule has 0 bridgehead atoms. The van der Waals surface area contributed by atoms with Gasteiger partial charge in [-0.1, -0.05) is 17.7 Å². The number of carbonyl (C=O) groups is 1. The monoisotopic (exact) mass is 307 g/mol. The summed E-state index contributed by atoms with van der Waals surface area (Å²) in [5, 5.41) is 4.00. The van der Waals surface area contributed by atoms with Gasteiger partial charge >= 0.3 is 0 Å². The molecule has 0 radical (unpaired) electrons. The van der Waals surface area contributed by atoms with Crippen LogP contribution in [0.15, 0.2) is 41.0 Å². The molecule has 0 aliphatic rings. The van der Waals surface area contributed by atoms with E-state index in [0.717, 1.165) is 27.8 Å². The molecule has 118 valence electrons. The summed E-state index contributed by atoms with van der Waals surface area (Å²) in [7, 11) is 0. The molecule has 0 atom stereocenters. The van der Waals surface area contributed by atoms with Crippen LogP contribution >= 0.6 is 0 Å². The summed E-state index contributed by atoms with van der Waals surface area (Å²) in [6.45, 7) is 8.17. The Bertz CT molecular complexity index is 890. The van der Waals surface area contributed by atoms with E-state index in [-0.39, 0.29) is 5.91 Å². The second kappa shape index (κ2) is 5.92. The van der Waals surface area contributed by atoms with Gasteiger partial charge in [-0.3, -0.25) is 4.79 Å². The minimum absolute atomic E-state index is 0.0297. The van der Waals surface area contributed by atoms with E-state index < -0.39 is 0 Å². The van der Waals surface area contributed by atoms with E-state index in [0.29, 0.717) is 6.42 Å². The zero-order valence-electron chi connectivity index (χ0n) is 14.0. The van der Waals surface area contributed by atoms with Gasteiger partial charge in [0.2, 0.25) is 5.91 Å². The number of aryl methyl sites for hydroxylation is 4. The summed E-state index contributed by atoms with van der Waals surface area (Å²) in [6.07, 6.45) is 1.99. The fourth-order valence-electron chi connectivity index (χ4n) is 2.79. The molecule has 3 aromatic rings. The topological polar surface area (TPSA) is 42.2 Å². The lowest BCUT2D eigenvalue weighted by molar-refractivity contribution is -0.115. The van der Waals surface area contributed by atoms with Gasteiger partial charge in [-0.05, 0) is 62.6 Å². The van der Waals surface area contributed by atoms with Gasteiger partial charge in [-0.25, -0.2) is 0 Å². The fourth-order valence-corrected chi connectivity index (χ4v) is 2.79. The SMILES string of the molecule is Cc1ccc(NC(=O)Cc2coc3cc(C)c(C)cc23)c(C)c1. The highest BCUT2D eigenvalue weighted by Crippen LogP contribution is 2.25. The lowest BCUT2D eigenvalue weighted by atomic mass is 10.0. The highest BCUT2D eigenvalue weighted by Gasteiger charge is 2.12. The van der Waals surface area contributed by atoms with Gasteiger partial charge in [0.25, 0.3) is 0 Å². The van der Waals surface area contributed by atoms with Gasteiger partial charge in [0, 0.05) is 16.6 Å². The molecule has 1 heterocycles. The average Bonchev–Trinajstić information content (AvgIpc) is 2.85. The molecule has 1 aromatic heterocycles. The number of rotatable bonds is 3. The Morgan fingerprint density at radius 3 is 2.48 bits per heavy atom. The highest BCUT2D eigenvalue weighted by atomic mass is 16.3. The van der Waals surface area contributed by atoms with Crippen LogP contribution in [0.25, 0.3) is 11.0 Å². The minimum Gasteiger partial charge on any atom is -0.464 e. The van der Waals surface area contributed by atoms with Crippen molar-refractivity contribution in [3.63, 3.8) is 0 Å². The molecule has 1 amide bonds. The first-order chi connectivity index (χ1) is 10.9. The molecule has 0 unspecified atom stereocenters. The van der Waals surface area contributed by atoms with Crippen LogP contribution in [0, 0.1) is 27.7 Å². The van der Waals surface area contributed by atoms with Gasteiger partial charge in [0.15, 0.2) is 0 Å². The van der Waals surface area contributed by atoms with Crippen LogP contribution in [0.2, 0.25) is 0 Å². The summed E-state index contributed by atoms with van der Waals surface area (Å²) in [4.78, 5) is 12.4. The van der Waals surface area contributed by atoms with Crippen molar-refractivity contribution in [2.24, 2.45) is 0 Å². The number of furan rings is 1. The molecule has 3 rings (SSSR count). The van der Waals surface area contributed by atoms with Crippen LogP contribution in [0.4, 0.5) is 5.69 Å². The number of benzene rings is 2. The molecule has 0 saturated heterocycles. The van der Waals surface area contributed by atoms with E-state index in [1.165, 1.54) is 16.7 Å². The first-order valence-electron chi connectivity index (χ1n) is 7.78. The Morgan fingerprint density at radius 2 is 1.74 bits per heavy atom. The Hall–Kier alpha value is -2.55. The lowest BCUT2D eigenvalue weighted by Gasteiger charge is -2.09. The van der Waals surface area contributed by atoms with Crippen molar-refractivity contribution in [3.05, 3.63) is 64.4 Å². The first kappa shape index (κ1) is 15.3. The molecule has 0 spiro atoms. The third-order valence-corrected chi connectivity index (χ3v) is 4.28. The predicted octanol–water partition coefficient (Wildman–Crippen LogP) is 4.85. The summed E-state index contributed by atoms with van der Waals surface area (Å²) in [5.74, 6) is -0.0297. The number of anilines is 1. The number of carbonyl (C=O) groups excluding carboxylic acids is 1. The zero-order chi connectivity index (χ0) is 16.6. The molecule has 0 saturated carbocycles.